The van der Waals surface area contributed by atoms with Crippen molar-refractivity contribution in [3.8, 4) is 44.5 Å². The van der Waals surface area contributed by atoms with E-state index in [-0.39, 0.29) is 227 Å². The molecule has 9 N–H and O–H groups in total. The number of hydrogen-bond acceptors (Lipinski definition) is 21. The van der Waals surface area contributed by atoms with Crippen molar-refractivity contribution in [1.29, 1.82) is 0 Å². The van der Waals surface area contributed by atoms with Crippen LogP contribution in [0.3, 0.4) is 0 Å². The number of halogens is 6. The van der Waals surface area contributed by atoms with Crippen LogP contribution in [-0.4, -0.2) is 221 Å². The van der Waals surface area contributed by atoms with Gasteiger partial charge in [0.15, 0.2) is 0 Å². The van der Waals surface area contributed by atoms with Crippen molar-refractivity contribution in [2.75, 3.05) is 6.61 Å². The van der Waals surface area contributed by atoms with Crippen molar-refractivity contribution in [1.82, 2.24) is 19.9 Å². The maximum Gasteiger partial charge on any atom is 2.00 e. The molecule has 0 amide bonds. The van der Waals surface area contributed by atoms with Gasteiger partial charge in [-0.25, -0.2) is 17.6 Å². The molecule has 8 aromatic carbocycles. The van der Waals surface area contributed by atoms with Gasteiger partial charge in [0.1, 0.15) is 23.3 Å². The van der Waals surface area contributed by atoms with E-state index in [2.05, 4.69) is 0 Å². The molecule has 31 heteroatoms. The van der Waals surface area contributed by atoms with Crippen LogP contribution in [0.15, 0.2) is 218 Å². The summed E-state index contributed by atoms with van der Waals surface area (Å²) >= 11 is 0. The number of hydrogen-bond donors (Lipinski definition) is 8. The Bertz CT molecular complexity index is 5590. The number of benzene rings is 8. The van der Waals surface area contributed by atoms with E-state index in [9.17, 15) is 92.9 Å². The molecule has 21 nitrogen and oxygen atoms in total. The fourth-order valence-corrected chi connectivity index (χ4v) is 15.6. The fourth-order valence-electron chi connectivity index (χ4n) is 15.6. The Morgan fingerprint density at radius 1 is 0.346 bits per heavy atom. The number of aliphatic carboxylic acids is 3. The summed E-state index contributed by atoms with van der Waals surface area (Å²) < 4.78 is 59.2. The number of carboxylic acids is 3. The smallest absolute Gasteiger partial charge is 1.00 e. The van der Waals surface area contributed by atoms with Gasteiger partial charge in [0.2, 0.25) is 0 Å². The molecule has 8 atom stereocenters. The molecule has 16 rings (SSSR count). The van der Waals surface area contributed by atoms with Crippen LogP contribution < -0.4 is 99.2 Å². The first-order chi connectivity index (χ1) is 60.7. The molecule has 4 aromatic heterocycles. The first-order valence-corrected chi connectivity index (χ1v) is 42.4. The second-order valence-corrected chi connectivity index (χ2v) is 32.3. The molecule has 0 spiro atoms. The SMILES string of the molecule is CCOC(=O)C[C@H](O)C[C@H](O)/C=C/c1c(C2CC2)nc2ccccc2c1-c1ccc(F)cc1.O=C([O-])C[C@H](O)C[C@H](O)/C=C/c1c(C2CC2)nc2ccccc2c1-c1ccc(F)cc1.O=C([O-])C[C@H](O)C[C@H](O)/C=C/c1c(C2CC2)nc2ccccc2c1-c1ccc(F)cc1.O=C([O-])C[C@H](O)C[C@H](O)/C=C/c1c(C2CC2)nc2ccccc2c1-c1ccc(F)cc1.[Ca+2].[Ca+2].[Cl-].[Cl-].[Na+].[Na+].[OH-]. The zero-order chi connectivity index (χ0) is 89.2. The van der Waals surface area contributed by atoms with Gasteiger partial charge in [-0.05, 0) is 153 Å². The number of aliphatic hydroxyl groups is 8. The molecule has 12 aromatic rings. The third-order valence-electron chi connectivity index (χ3n) is 22.1. The summed E-state index contributed by atoms with van der Waals surface area (Å²) in [5.74, 6) is -4.53. The van der Waals surface area contributed by atoms with Gasteiger partial charge in [0, 0.05) is 153 Å². The zero-order valence-electron chi connectivity index (χ0n) is 73.8. The predicted octanol–water partition coefficient (Wildman–Crippen LogP) is 1.62. The van der Waals surface area contributed by atoms with Gasteiger partial charge in [-0.15, -0.1) is 0 Å². The van der Waals surface area contributed by atoms with E-state index in [0.717, 1.165) is 185 Å². The Morgan fingerprint density at radius 2 is 0.541 bits per heavy atom. The molecule has 0 radical (unpaired) electrons. The van der Waals surface area contributed by atoms with Crippen molar-refractivity contribution in [2.45, 2.75) is 182 Å². The van der Waals surface area contributed by atoms with E-state index in [1.54, 1.807) is 98.0 Å². The molecule has 133 heavy (non-hydrogen) atoms. The van der Waals surface area contributed by atoms with Gasteiger partial charge in [0.05, 0.1) is 107 Å². The van der Waals surface area contributed by atoms with Crippen LogP contribution in [0.4, 0.5) is 17.6 Å². The first-order valence-electron chi connectivity index (χ1n) is 42.4. The molecule has 676 valence electrons. The molecule has 0 unspecified atom stereocenters. The minimum Gasteiger partial charge on any atom is -1.00 e. The summed E-state index contributed by atoms with van der Waals surface area (Å²) in [5, 5.41) is 117. The van der Waals surface area contributed by atoms with Crippen LogP contribution in [0.25, 0.3) is 112 Å². The van der Waals surface area contributed by atoms with E-state index in [0.29, 0.717) is 23.7 Å². The summed E-state index contributed by atoms with van der Waals surface area (Å²) in [5.41, 5.74) is 17.7. The monoisotopic (exact) mass is 1920 g/mol. The summed E-state index contributed by atoms with van der Waals surface area (Å²) in [6, 6.07) is 56.4. The van der Waals surface area contributed by atoms with Gasteiger partial charge in [-0.3, -0.25) is 24.7 Å². The number of carbonyl (C=O) groups is 4. The number of esters is 1. The number of rotatable bonds is 33. The molecular formula is C102H98Ca2Cl2F4N4Na2O17. The normalized spacial score (nSPS) is 15.0. The minimum absolute atomic E-state index is 0. The Morgan fingerprint density at radius 3 is 0.729 bits per heavy atom. The van der Waals surface area contributed by atoms with Crippen molar-refractivity contribution in [3.63, 3.8) is 0 Å². The molecule has 0 aliphatic heterocycles. The predicted molar refractivity (Wildman–Crippen MR) is 483 cm³/mol. The fraction of sp³-hybridized carbons (Fsp3) is 0.294. The summed E-state index contributed by atoms with van der Waals surface area (Å²) in [6.45, 7) is 1.95. The zero-order valence-corrected chi connectivity index (χ0v) is 83.7. The number of carboxylic acid groups (broad SMARTS) is 3. The number of nitrogens with zero attached hydrogens (tertiary/aromatic N) is 4. The third kappa shape index (κ3) is 32.7. The Labute approximate surface area is 884 Å². The average molecular weight is 1920 g/mol. The molecule has 4 aliphatic carbocycles. The topological polar surface area (TPSA) is 390 Å². The summed E-state index contributed by atoms with van der Waals surface area (Å²) in [7, 11) is 0. The maximum atomic E-state index is 13.6. The molecule has 0 bridgehead atoms. The maximum absolute atomic E-state index is 13.6. The summed E-state index contributed by atoms with van der Waals surface area (Å²) in [6.07, 6.45) is 11.0. The van der Waals surface area contributed by atoms with E-state index >= 15 is 0 Å². The Hall–Kier alpha value is -7.30. The van der Waals surface area contributed by atoms with E-state index in [1.165, 1.54) is 48.5 Å². The number of aliphatic hydroxyl groups excluding tert-OH is 8. The van der Waals surface area contributed by atoms with E-state index in [4.69, 9.17) is 24.7 Å². The van der Waals surface area contributed by atoms with Crippen LogP contribution in [0.1, 0.15) is 178 Å². The Balaban J connectivity index is 0.000000268. The van der Waals surface area contributed by atoms with Crippen molar-refractivity contribution in [2.24, 2.45) is 0 Å². The number of ether oxygens (including phenoxy) is 1. The van der Waals surface area contributed by atoms with Crippen LogP contribution in [-0.2, 0) is 23.9 Å². The number of para-hydroxylation sites is 4. The van der Waals surface area contributed by atoms with Gasteiger partial charge < -0.3 is 106 Å². The quantitative estimate of drug-likeness (QED) is 0.0165. The molecule has 4 heterocycles. The second-order valence-electron chi connectivity index (χ2n) is 32.3. The number of carbonyl (C=O) groups excluding carboxylic acids is 4. The van der Waals surface area contributed by atoms with Crippen LogP contribution in [0.2, 0.25) is 0 Å². The van der Waals surface area contributed by atoms with Gasteiger partial charge >= 0.3 is 141 Å². The average Bonchev–Trinajstić information content (AvgIpc) is 1.72. The minimum atomic E-state index is -1.36. The van der Waals surface area contributed by atoms with Crippen LogP contribution in [0.5, 0.6) is 0 Å². The number of aromatic nitrogens is 4. The Kier molecular flexibility index (Phi) is 47.1. The van der Waals surface area contributed by atoms with Crippen molar-refractivity contribution < 1.29 is 187 Å². The van der Waals surface area contributed by atoms with E-state index < -0.39 is 92.0 Å². The van der Waals surface area contributed by atoms with Crippen molar-refractivity contribution >= 4 is 167 Å². The van der Waals surface area contributed by atoms with Crippen LogP contribution in [0, 0.1) is 23.3 Å². The third-order valence-corrected chi connectivity index (χ3v) is 22.1. The number of pyridine rings is 4. The van der Waals surface area contributed by atoms with Gasteiger partial charge in [0.25, 0.3) is 0 Å². The molecule has 0 saturated heterocycles. The standard InChI is InChI=1S/C27H28FNO4.3C25H24FNO4.2Ca.2ClH.2Na.H2O/c1-2-33-25(32)16-21(31)15-20(30)13-14-23-26(17-9-11-19(28)12-10-17)22-5-3-4-6-24(22)29-27(23)18-7-8-18;3*26-17-9-7-15(8-10-17)24-20-3-1-2-4-22(20)27-25(16-5-6-16)21(24)12-11-18(28)13-19(29)14-23(30)31;;;;;;;/h3-6,9-14,18,20-21,30-31H,2,7-8,15-16H2,1H3;3*1-4,7-12,16,18-19,28-29H,5-6,13-14H2,(H,30,31);;;2*1H;;;1H2/q;;;;2*+2;;;2*+1;/p-6/b14-13+;3*12-11+;;;;;;;/t20-,21-;3*18-,19-;;;;;;;/m1111......./s1. The second kappa shape index (κ2) is 54.7. The van der Waals surface area contributed by atoms with Gasteiger partial charge in [-0.1, -0.05) is 170 Å². The summed E-state index contributed by atoms with van der Waals surface area (Å²) in [4.78, 5) is 63.1. The molecule has 4 aliphatic rings. The van der Waals surface area contributed by atoms with Crippen molar-refractivity contribution in [3.05, 3.63) is 287 Å². The molecular weight excluding hydrogens is 1830 g/mol. The largest absolute Gasteiger partial charge is 2.00 e. The molecule has 4 fully saturated rings. The first kappa shape index (κ1) is 114. The number of fused-ring (bicyclic) bond motifs is 4. The molecule has 4 saturated carbocycles. The van der Waals surface area contributed by atoms with Crippen LogP contribution >= 0.6 is 0 Å². The van der Waals surface area contributed by atoms with E-state index in [1.807, 2.05) is 103 Å². The van der Waals surface area contributed by atoms with Gasteiger partial charge in [-0.2, -0.15) is 0 Å².